The van der Waals surface area contributed by atoms with Crippen molar-refractivity contribution in [2.45, 2.75) is 52.9 Å². The molecule has 0 radical (unpaired) electrons. The molecule has 1 aromatic carbocycles. The summed E-state index contributed by atoms with van der Waals surface area (Å²) in [4.78, 5) is 12.3. The molecule has 0 aliphatic rings. The maximum Gasteiger partial charge on any atom is 0.165 e. The molecule has 1 aromatic rings. The third-order valence-corrected chi connectivity index (χ3v) is 3.36. The van der Waals surface area contributed by atoms with Gasteiger partial charge in [0.1, 0.15) is 0 Å². The fourth-order valence-electron chi connectivity index (χ4n) is 2.11. The van der Waals surface area contributed by atoms with Gasteiger partial charge in [0.25, 0.3) is 0 Å². The van der Waals surface area contributed by atoms with Crippen LogP contribution in [0.3, 0.4) is 0 Å². The van der Waals surface area contributed by atoms with Gasteiger partial charge in [-0.1, -0.05) is 62.9 Å². The Hall–Kier alpha value is -1.11. The van der Waals surface area contributed by atoms with E-state index in [1.807, 2.05) is 31.2 Å². The van der Waals surface area contributed by atoms with Gasteiger partial charge in [0.05, 0.1) is 0 Å². The predicted octanol–water partition coefficient (Wildman–Crippen LogP) is 4.78. The fourth-order valence-corrected chi connectivity index (χ4v) is 2.11. The van der Waals surface area contributed by atoms with Crippen LogP contribution >= 0.6 is 0 Å². The normalized spacial score (nSPS) is 12.4. The zero-order chi connectivity index (χ0) is 12.7. The lowest BCUT2D eigenvalue weighted by molar-refractivity contribution is 0.0908. The molecular formula is C16H24O. The minimum atomic E-state index is 0.212. The highest BCUT2D eigenvalue weighted by Crippen LogP contribution is 2.19. The Morgan fingerprint density at radius 1 is 1.12 bits per heavy atom. The monoisotopic (exact) mass is 232 g/mol. The van der Waals surface area contributed by atoms with Crippen molar-refractivity contribution in [2.24, 2.45) is 5.92 Å². The second-order valence-corrected chi connectivity index (χ2v) is 4.83. The number of unbranched alkanes of at least 4 members (excludes halogenated alkanes) is 2. The number of aryl methyl sites for hydroxylation is 1. The van der Waals surface area contributed by atoms with Crippen LogP contribution < -0.4 is 0 Å². The average Bonchev–Trinajstić information content (AvgIpc) is 2.35. The van der Waals surface area contributed by atoms with Crippen molar-refractivity contribution in [3.63, 3.8) is 0 Å². The molecule has 1 rings (SSSR count). The van der Waals surface area contributed by atoms with E-state index in [0.29, 0.717) is 5.78 Å². The van der Waals surface area contributed by atoms with Crippen LogP contribution in [0.2, 0.25) is 0 Å². The first-order valence-electron chi connectivity index (χ1n) is 6.79. The van der Waals surface area contributed by atoms with Gasteiger partial charge >= 0.3 is 0 Å². The Morgan fingerprint density at radius 2 is 1.76 bits per heavy atom. The van der Waals surface area contributed by atoms with Gasteiger partial charge in [0.15, 0.2) is 5.78 Å². The summed E-state index contributed by atoms with van der Waals surface area (Å²) < 4.78 is 0. The van der Waals surface area contributed by atoms with Gasteiger partial charge in [0.2, 0.25) is 0 Å². The summed E-state index contributed by atoms with van der Waals surface area (Å²) in [5, 5.41) is 0. The van der Waals surface area contributed by atoms with Gasteiger partial charge in [-0.25, -0.2) is 0 Å². The van der Waals surface area contributed by atoms with Crippen LogP contribution in [0.4, 0.5) is 0 Å². The van der Waals surface area contributed by atoms with Gasteiger partial charge in [0, 0.05) is 11.5 Å². The molecule has 1 unspecified atom stereocenters. The molecule has 1 heteroatoms. The van der Waals surface area contributed by atoms with E-state index in [1.54, 1.807) is 0 Å². The predicted molar refractivity (Wildman–Crippen MR) is 73.4 cm³/mol. The number of Topliss-reactive ketones (excluding diaryl/α,β-unsaturated/α-hetero) is 1. The largest absolute Gasteiger partial charge is 0.294 e. The second-order valence-electron chi connectivity index (χ2n) is 4.83. The van der Waals surface area contributed by atoms with Gasteiger partial charge in [-0.15, -0.1) is 0 Å². The third kappa shape index (κ3) is 4.33. The molecule has 1 nitrogen and oxygen atoms in total. The lowest BCUT2D eigenvalue weighted by Crippen LogP contribution is -2.14. The van der Waals surface area contributed by atoms with Crippen LogP contribution in [0.15, 0.2) is 24.3 Å². The Balaban J connectivity index is 2.62. The molecule has 0 saturated carbocycles. The Bertz CT molecular complexity index is 337. The summed E-state index contributed by atoms with van der Waals surface area (Å²) in [6.45, 7) is 6.36. The highest BCUT2D eigenvalue weighted by molar-refractivity contribution is 5.97. The van der Waals surface area contributed by atoms with Crippen molar-refractivity contribution in [1.29, 1.82) is 0 Å². The van der Waals surface area contributed by atoms with Gasteiger partial charge in [-0.05, 0) is 19.8 Å². The van der Waals surface area contributed by atoms with E-state index in [4.69, 9.17) is 0 Å². The molecule has 0 spiro atoms. The van der Waals surface area contributed by atoms with Crippen molar-refractivity contribution in [3.05, 3.63) is 35.4 Å². The number of carbonyl (C=O) groups is 1. The fraction of sp³-hybridized carbons (Fsp3) is 0.562. The van der Waals surface area contributed by atoms with Crippen LogP contribution in [0.1, 0.15) is 61.9 Å². The molecule has 0 aliphatic heterocycles. The average molecular weight is 232 g/mol. The lowest BCUT2D eigenvalue weighted by Gasteiger charge is -2.13. The van der Waals surface area contributed by atoms with Gasteiger partial charge < -0.3 is 0 Å². The summed E-state index contributed by atoms with van der Waals surface area (Å²) in [5.74, 6) is 0.535. The van der Waals surface area contributed by atoms with E-state index in [2.05, 4.69) is 13.8 Å². The number of carbonyl (C=O) groups excluding carboxylic acids is 1. The van der Waals surface area contributed by atoms with Crippen molar-refractivity contribution < 1.29 is 4.79 Å². The van der Waals surface area contributed by atoms with Crippen LogP contribution in [0.5, 0.6) is 0 Å². The molecule has 0 fully saturated rings. The minimum Gasteiger partial charge on any atom is -0.294 e. The summed E-state index contributed by atoms with van der Waals surface area (Å²) >= 11 is 0. The van der Waals surface area contributed by atoms with E-state index in [9.17, 15) is 4.79 Å². The number of hydrogen-bond acceptors (Lipinski definition) is 1. The molecular weight excluding hydrogens is 208 g/mol. The van der Waals surface area contributed by atoms with E-state index < -0.39 is 0 Å². The van der Waals surface area contributed by atoms with Crippen LogP contribution in [0.25, 0.3) is 0 Å². The molecule has 0 N–H and O–H groups in total. The quantitative estimate of drug-likeness (QED) is 0.488. The first kappa shape index (κ1) is 14.0. The lowest BCUT2D eigenvalue weighted by atomic mass is 9.90. The Labute approximate surface area is 105 Å². The third-order valence-electron chi connectivity index (χ3n) is 3.36. The molecule has 0 aromatic heterocycles. The molecule has 0 bridgehead atoms. The summed E-state index contributed by atoms with van der Waals surface area (Å²) in [6, 6.07) is 7.96. The molecule has 0 amide bonds. The van der Waals surface area contributed by atoms with E-state index in [1.165, 1.54) is 24.8 Å². The standard InChI is InChI=1S/C16H24O/c1-4-6-7-8-14(5-2)16(17)15-11-9-13(3)10-12-15/h9-12,14H,4-8H2,1-3H3. The van der Waals surface area contributed by atoms with Crippen LogP contribution in [0, 0.1) is 12.8 Å². The van der Waals surface area contributed by atoms with Gasteiger partial charge in [-0.3, -0.25) is 4.79 Å². The minimum absolute atomic E-state index is 0.212. The SMILES string of the molecule is CCCCCC(CC)C(=O)c1ccc(C)cc1. The van der Waals surface area contributed by atoms with Crippen molar-refractivity contribution >= 4 is 5.78 Å². The maximum absolute atomic E-state index is 12.3. The van der Waals surface area contributed by atoms with Crippen molar-refractivity contribution in [1.82, 2.24) is 0 Å². The van der Waals surface area contributed by atoms with E-state index >= 15 is 0 Å². The summed E-state index contributed by atoms with van der Waals surface area (Å²) in [6.07, 6.45) is 5.62. The zero-order valence-electron chi connectivity index (χ0n) is 11.3. The summed E-state index contributed by atoms with van der Waals surface area (Å²) in [7, 11) is 0. The summed E-state index contributed by atoms with van der Waals surface area (Å²) in [5.41, 5.74) is 2.08. The van der Waals surface area contributed by atoms with E-state index in [0.717, 1.165) is 18.4 Å². The van der Waals surface area contributed by atoms with Crippen LogP contribution in [-0.4, -0.2) is 5.78 Å². The Kier molecular flexibility index (Phi) is 5.96. The van der Waals surface area contributed by atoms with Crippen molar-refractivity contribution in [2.75, 3.05) is 0 Å². The number of benzene rings is 1. The number of hydrogen-bond donors (Lipinski definition) is 0. The molecule has 94 valence electrons. The number of rotatable bonds is 7. The Morgan fingerprint density at radius 3 is 2.29 bits per heavy atom. The van der Waals surface area contributed by atoms with Crippen molar-refractivity contribution in [3.8, 4) is 0 Å². The molecule has 17 heavy (non-hydrogen) atoms. The van der Waals surface area contributed by atoms with Crippen LogP contribution in [-0.2, 0) is 0 Å². The molecule has 0 heterocycles. The molecule has 0 aliphatic carbocycles. The highest BCUT2D eigenvalue weighted by Gasteiger charge is 2.17. The highest BCUT2D eigenvalue weighted by atomic mass is 16.1. The smallest absolute Gasteiger partial charge is 0.165 e. The van der Waals surface area contributed by atoms with Gasteiger partial charge in [-0.2, -0.15) is 0 Å². The second kappa shape index (κ2) is 7.26. The first-order valence-corrected chi connectivity index (χ1v) is 6.79. The maximum atomic E-state index is 12.3. The zero-order valence-corrected chi connectivity index (χ0v) is 11.3. The number of ketones is 1. The molecule has 0 saturated heterocycles. The van der Waals surface area contributed by atoms with E-state index in [-0.39, 0.29) is 5.92 Å². The topological polar surface area (TPSA) is 17.1 Å². The first-order chi connectivity index (χ1) is 8.19. The molecule has 1 atom stereocenters.